The van der Waals surface area contributed by atoms with Gasteiger partial charge in [-0.2, -0.15) is 0 Å². The number of hydrogen-bond donors (Lipinski definition) is 2. The van der Waals surface area contributed by atoms with Crippen molar-refractivity contribution in [3.05, 3.63) is 54.1 Å². The molecule has 1 aromatic carbocycles. The zero-order chi connectivity index (χ0) is 14.5. The third-order valence-corrected chi connectivity index (χ3v) is 2.81. The van der Waals surface area contributed by atoms with Gasteiger partial charge in [0.05, 0.1) is 12.2 Å². The van der Waals surface area contributed by atoms with Gasteiger partial charge in [-0.25, -0.2) is 4.39 Å². The smallest absolute Gasteiger partial charge is 0.221 e. The molecule has 0 spiro atoms. The molecule has 2 N–H and O–H groups in total. The van der Waals surface area contributed by atoms with E-state index in [2.05, 4.69) is 15.6 Å². The number of nitrogens with zero attached hydrogens (tertiary/aromatic N) is 1. The summed E-state index contributed by atoms with van der Waals surface area (Å²) >= 11 is 0. The molecule has 0 aliphatic carbocycles. The molecular weight excluding hydrogens is 257 g/mol. The summed E-state index contributed by atoms with van der Waals surface area (Å²) < 4.78 is 13.1. The minimum Gasteiger partial charge on any atom is -0.378 e. The first-order valence-corrected chi connectivity index (χ1v) is 6.29. The van der Waals surface area contributed by atoms with Crippen LogP contribution in [-0.4, -0.2) is 10.9 Å². The number of anilines is 2. The Kier molecular flexibility index (Phi) is 4.30. The van der Waals surface area contributed by atoms with E-state index >= 15 is 0 Å². The van der Waals surface area contributed by atoms with Gasteiger partial charge in [0.2, 0.25) is 5.91 Å². The van der Waals surface area contributed by atoms with Crippen molar-refractivity contribution in [1.82, 2.24) is 4.98 Å². The van der Waals surface area contributed by atoms with Crippen molar-refractivity contribution in [2.45, 2.75) is 19.9 Å². The molecule has 0 saturated heterocycles. The van der Waals surface area contributed by atoms with Crippen LogP contribution in [0.3, 0.4) is 0 Å². The first-order chi connectivity index (χ1) is 9.54. The first-order valence-electron chi connectivity index (χ1n) is 6.29. The minimum atomic E-state index is -0.350. The van der Waals surface area contributed by atoms with Crippen LogP contribution in [0.5, 0.6) is 0 Å². The van der Waals surface area contributed by atoms with E-state index in [9.17, 15) is 9.18 Å². The zero-order valence-electron chi connectivity index (χ0n) is 11.4. The van der Waals surface area contributed by atoms with Crippen LogP contribution in [0.4, 0.5) is 15.8 Å². The second-order valence-corrected chi connectivity index (χ2v) is 4.56. The normalized spacial score (nSPS) is 11.8. The molecule has 20 heavy (non-hydrogen) atoms. The molecule has 0 aliphatic heterocycles. The van der Waals surface area contributed by atoms with E-state index in [1.54, 1.807) is 18.3 Å². The number of hydrogen-bond acceptors (Lipinski definition) is 3. The Balaban J connectivity index is 2.04. The van der Waals surface area contributed by atoms with E-state index in [4.69, 9.17) is 0 Å². The summed E-state index contributed by atoms with van der Waals surface area (Å²) in [5, 5.41) is 5.94. The highest BCUT2D eigenvalue weighted by Gasteiger charge is 2.07. The van der Waals surface area contributed by atoms with Crippen molar-refractivity contribution >= 4 is 17.3 Å². The molecule has 0 aliphatic rings. The Bertz CT molecular complexity index is 598. The Morgan fingerprint density at radius 3 is 2.45 bits per heavy atom. The number of rotatable bonds is 4. The zero-order valence-corrected chi connectivity index (χ0v) is 11.4. The maximum absolute atomic E-state index is 13.1. The van der Waals surface area contributed by atoms with Gasteiger partial charge in [0.25, 0.3) is 0 Å². The van der Waals surface area contributed by atoms with Crippen LogP contribution in [0.25, 0.3) is 0 Å². The topological polar surface area (TPSA) is 54.0 Å². The van der Waals surface area contributed by atoms with Crippen molar-refractivity contribution in [1.29, 1.82) is 0 Å². The summed E-state index contributed by atoms with van der Waals surface area (Å²) in [6.45, 7) is 3.39. The largest absolute Gasteiger partial charge is 0.378 e. The molecule has 0 radical (unpaired) electrons. The maximum atomic E-state index is 13.1. The molecule has 5 heteroatoms. The number of carbonyl (C=O) groups excluding carboxylic acids is 1. The molecule has 4 nitrogen and oxygen atoms in total. The number of nitrogens with one attached hydrogen (secondary N) is 2. The Morgan fingerprint density at radius 2 is 1.85 bits per heavy atom. The Hall–Kier alpha value is -2.43. The number of pyridine rings is 1. The standard InChI is InChI=1S/C15H16FN3O/c1-10(12-7-13(16)9-17-8-12)18-14-3-5-15(6-4-14)19-11(2)20/h3-10,18H,1-2H3,(H,19,20). The molecule has 0 bridgehead atoms. The van der Waals surface area contributed by atoms with E-state index in [-0.39, 0.29) is 17.8 Å². The second-order valence-electron chi connectivity index (χ2n) is 4.56. The lowest BCUT2D eigenvalue weighted by molar-refractivity contribution is -0.114. The molecular formula is C15H16FN3O. The van der Waals surface area contributed by atoms with Crippen molar-refractivity contribution in [2.75, 3.05) is 10.6 Å². The Labute approximate surface area is 117 Å². The number of amides is 1. The fourth-order valence-electron chi connectivity index (χ4n) is 1.85. The molecule has 1 aromatic heterocycles. The van der Waals surface area contributed by atoms with Gasteiger partial charge in [0.1, 0.15) is 5.82 Å². The van der Waals surface area contributed by atoms with Gasteiger partial charge in [-0.05, 0) is 42.8 Å². The molecule has 1 heterocycles. The van der Waals surface area contributed by atoms with Crippen molar-refractivity contribution in [3.63, 3.8) is 0 Å². The number of halogens is 1. The lowest BCUT2D eigenvalue weighted by Crippen LogP contribution is -2.08. The average molecular weight is 273 g/mol. The van der Waals surface area contributed by atoms with Crippen LogP contribution in [0.1, 0.15) is 25.5 Å². The fourth-order valence-corrected chi connectivity index (χ4v) is 1.85. The lowest BCUT2D eigenvalue weighted by Gasteiger charge is -2.15. The van der Waals surface area contributed by atoms with Crippen LogP contribution >= 0.6 is 0 Å². The summed E-state index contributed by atoms with van der Waals surface area (Å²) in [6.07, 6.45) is 2.81. The van der Waals surface area contributed by atoms with Gasteiger partial charge in [-0.1, -0.05) is 0 Å². The predicted octanol–water partition coefficient (Wildman–Crippen LogP) is 3.35. The molecule has 0 fully saturated rings. The van der Waals surface area contributed by atoms with Crippen LogP contribution in [0.15, 0.2) is 42.7 Å². The van der Waals surface area contributed by atoms with Crippen molar-refractivity contribution in [2.24, 2.45) is 0 Å². The maximum Gasteiger partial charge on any atom is 0.221 e. The monoisotopic (exact) mass is 273 g/mol. The molecule has 104 valence electrons. The van der Waals surface area contributed by atoms with Crippen LogP contribution in [-0.2, 0) is 4.79 Å². The van der Waals surface area contributed by atoms with E-state index in [1.165, 1.54) is 19.2 Å². The predicted molar refractivity (Wildman–Crippen MR) is 77.0 cm³/mol. The second kappa shape index (κ2) is 6.14. The summed E-state index contributed by atoms with van der Waals surface area (Å²) in [4.78, 5) is 14.8. The van der Waals surface area contributed by atoms with E-state index in [1.807, 2.05) is 19.1 Å². The van der Waals surface area contributed by atoms with Crippen LogP contribution in [0.2, 0.25) is 0 Å². The van der Waals surface area contributed by atoms with Gasteiger partial charge in [-0.3, -0.25) is 9.78 Å². The summed E-state index contributed by atoms with van der Waals surface area (Å²) in [6, 6.07) is 8.71. The van der Waals surface area contributed by atoms with E-state index in [0.29, 0.717) is 0 Å². The summed E-state index contributed by atoms with van der Waals surface area (Å²) in [7, 11) is 0. The molecule has 2 rings (SSSR count). The molecule has 1 unspecified atom stereocenters. The van der Waals surface area contributed by atoms with Crippen LogP contribution < -0.4 is 10.6 Å². The third kappa shape index (κ3) is 3.78. The average Bonchev–Trinajstić information content (AvgIpc) is 2.40. The minimum absolute atomic E-state index is 0.0650. The summed E-state index contributed by atoms with van der Waals surface area (Å²) in [5.41, 5.74) is 2.40. The van der Waals surface area contributed by atoms with E-state index < -0.39 is 0 Å². The summed E-state index contributed by atoms with van der Waals surface area (Å²) in [5.74, 6) is -0.456. The van der Waals surface area contributed by atoms with Gasteiger partial charge < -0.3 is 10.6 Å². The lowest BCUT2D eigenvalue weighted by atomic mass is 10.1. The molecule has 1 atom stereocenters. The first kappa shape index (κ1) is 14.0. The highest BCUT2D eigenvalue weighted by atomic mass is 19.1. The highest BCUT2D eigenvalue weighted by molar-refractivity contribution is 5.88. The fraction of sp³-hybridized carbons (Fsp3) is 0.200. The Morgan fingerprint density at radius 1 is 1.20 bits per heavy atom. The quantitative estimate of drug-likeness (QED) is 0.898. The molecule has 2 aromatic rings. The number of carbonyl (C=O) groups is 1. The van der Waals surface area contributed by atoms with Gasteiger partial charge in [0.15, 0.2) is 0 Å². The van der Waals surface area contributed by atoms with Gasteiger partial charge >= 0.3 is 0 Å². The van der Waals surface area contributed by atoms with Gasteiger partial charge in [0, 0.05) is 24.5 Å². The SMILES string of the molecule is CC(=O)Nc1ccc(NC(C)c2cncc(F)c2)cc1. The molecule has 1 amide bonds. The van der Waals surface area contributed by atoms with Crippen LogP contribution in [0, 0.1) is 5.82 Å². The highest BCUT2D eigenvalue weighted by Crippen LogP contribution is 2.20. The van der Waals surface area contributed by atoms with Gasteiger partial charge in [-0.15, -0.1) is 0 Å². The molecule has 0 saturated carbocycles. The number of aromatic nitrogens is 1. The van der Waals surface area contributed by atoms with Crippen molar-refractivity contribution in [3.8, 4) is 0 Å². The van der Waals surface area contributed by atoms with E-state index in [0.717, 1.165) is 16.9 Å². The third-order valence-electron chi connectivity index (χ3n) is 2.81. The number of benzene rings is 1. The van der Waals surface area contributed by atoms with Crippen molar-refractivity contribution < 1.29 is 9.18 Å².